The van der Waals surface area contributed by atoms with Crippen molar-refractivity contribution in [3.8, 4) is 0 Å². The van der Waals surface area contributed by atoms with Gasteiger partial charge in [-0.05, 0) is 47.3 Å². The molecule has 2 N–H and O–H groups in total. The van der Waals surface area contributed by atoms with Gasteiger partial charge in [-0.2, -0.15) is 5.10 Å². The quantitative estimate of drug-likeness (QED) is 0.634. The summed E-state index contributed by atoms with van der Waals surface area (Å²) in [6.07, 6.45) is 16.1. The van der Waals surface area contributed by atoms with Gasteiger partial charge in [-0.1, -0.05) is 25.0 Å². The normalized spacial score (nSPS) is 18.8. The van der Waals surface area contributed by atoms with Crippen LogP contribution in [0, 0.1) is 0 Å². The van der Waals surface area contributed by atoms with Crippen molar-refractivity contribution < 1.29 is 5.11 Å². The lowest BCUT2D eigenvalue weighted by Crippen LogP contribution is -2.36. The van der Waals surface area contributed by atoms with Crippen molar-refractivity contribution in [2.24, 2.45) is 0 Å². The Labute approximate surface area is 175 Å². The van der Waals surface area contributed by atoms with Gasteiger partial charge in [-0.25, -0.2) is 4.68 Å². The summed E-state index contributed by atoms with van der Waals surface area (Å²) in [7, 11) is 0. The average molecular weight is 446 g/mol. The smallest absolute Gasteiger partial charge is 0.129 e. The molecular weight excluding hydrogens is 418 g/mol. The predicted molar refractivity (Wildman–Crippen MR) is 115 cm³/mol. The van der Waals surface area contributed by atoms with Gasteiger partial charge in [-0.15, -0.1) is 0 Å². The number of aromatic nitrogens is 3. The lowest BCUT2D eigenvalue weighted by molar-refractivity contribution is 0.157. The highest BCUT2D eigenvalue weighted by Crippen LogP contribution is 2.23. The molecule has 1 unspecified atom stereocenters. The van der Waals surface area contributed by atoms with Crippen molar-refractivity contribution in [3.05, 3.63) is 64.8 Å². The van der Waals surface area contributed by atoms with Crippen LogP contribution in [0.15, 0.2) is 59.2 Å². The molecule has 2 aromatic heterocycles. The van der Waals surface area contributed by atoms with Crippen LogP contribution in [0.5, 0.6) is 0 Å². The molecule has 7 heteroatoms. The van der Waals surface area contributed by atoms with Crippen LogP contribution in [0.4, 0.5) is 0 Å². The molecule has 150 valence electrons. The molecule has 0 amide bonds. The van der Waals surface area contributed by atoms with Gasteiger partial charge in [0.2, 0.25) is 0 Å². The molecule has 28 heavy (non-hydrogen) atoms. The molecule has 1 saturated heterocycles. The van der Waals surface area contributed by atoms with E-state index in [1.807, 2.05) is 36.1 Å². The number of rotatable bonds is 7. The fraction of sp³-hybridized carbons (Fsp3) is 0.429. The van der Waals surface area contributed by atoms with Crippen molar-refractivity contribution in [1.82, 2.24) is 25.0 Å². The Bertz CT molecular complexity index is 802. The highest BCUT2D eigenvalue weighted by molar-refractivity contribution is 9.10. The highest BCUT2D eigenvalue weighted by atomic mass is 79.9. The van der Waals surface area contributed by atoms with Crippen LogP contribution in [0.2, 0.25) is 0 Å². The average Bonchev–Trinajstić information content (AvgIpc) is 3.02. The lowest BCUT2D eigenvalue weighted by Gasteiger charge is -2.32. The van der Waals surface area contributed by atoms with Gasteiger partial charge in [0.25, 0.3) is 0 Å². The first kappa shape index (κ1) is 20.6. The monoisotopic (exact) mass is 445 g/mol. The topological polar surface area (TPSA) is 66.2 Å². The zero-order chi connectivity index (χ0) is 19.8. The molecule has 0 spiro atoms. The fourth-order valence-electron chi connectivity index (χ4n) is 3.51. The van der Waals surface area contributed by atoms with Gasteiger partial charge < -0.3 is 15.3 Å². The van der Waals surface area contributed by atoms with E-state index >= 15 is 0 Å². The van der Waals surface area contributed by atoms with E-state index in [2.05, 4.69) is 48.4 Å². The van der Waals surface area contributed by atoms with Crippen LogP contribution in [0.3, 0.4) is 0 Å². The Kier molecular flexibility index (Phi) is 7.68. The summed E-state index contributed by atoms with van der Waals surface area (Å²) >= 11 is 3.48. The van der Waals surface area contributed by atoms with Crippen LogP contribution in [-0.4, -0.2) is 44.0 Å². The van der Waals surface area contributed by atoms with E-state index in [1.165, 1.54) is 12.8 Å². The molecule has 2 aromatic rings. The lowest BCUT2D eigenvalue weighted by atomic mass is 10.1. The third-order valence-electron chi connectivity index (χ3n) is 4.99. The third-order valence-corrected chi connectivity index (χ3v) is 5.40. The Morgan fingerprint density at radius 2 is 2.25 bits per heavy atom. The van der Waals surface area contributed by atoms with Crippen LogP contribution in [-0.2, 0) is 6.54 Å². The number of likely N-dealkylation sites (tertiary alicyclic amines) is 1. The first-order valence-corrected chi connectivity index (χ1v) is 10.6. The summed E-state index contributed by atoms with van der Waals surface area (Å²) in [4.78, 5) is 6.52. The second-order valence-electron chi connectivity index (χ2n) is 6.94. The minimum Gasteiger partial charge on any atom is -0.394 e. The number of aliphatic hydroxyl groups excluding tert-OH is 1. The molecule has 3 heterocycles. The molecular formula is C21H28BrN5O. The number of nitrogens with one attached hydrogen (secondary N) is 1. The van der Waals surface area contributed by atoms with Gasteiger partial charge in [0.05, 0.1) is 23.3 Å². The largest absolute Gasteiger partial charge is 0.394 e. The van der Waals surface area contributed by atoms with E-state index < -0.39 is 0 Å². The third kappa shape index (κ3) is 5.45. The van der Waals surface area contributed by atoms with Gasteiger partial charge >= 0.3 is 0 Å². The van der Waals surface area contributed by atoms with Crippen molar-refractivity contribution >= 4 is 21.8 Å². The molecule has 1 aliphatic heterocycles. The zero-order valence-corrected chi connectivity index (χ0v) is 17.8. The standard InChI is InChI=1S/C21H28BrN5O/c1-2-19(26-10-5-3-4-8-20(26)16-28)11-21(27-15-18(22)14-25-27)24-13-17-7-6-9-23-12-17/h2,6-7,9,11-12,14-15,20,24,28H,3-5,8,10,13,16H2,1H3/b19-2+,21-11-. The fourth-order valence-corrected chi connectivity index (χ4v) is 3.79. The number of nitrogens with zero attached hydrogens (tertiary/aromatic N) is 4. The Morgan fingerprint density at radius 3 is 2.93 bits per heavy atom. The number of pyridine rings is 1. The van der Waals surface area contributed by atoms with E-state index in [0.717, 1.165) is 40.9 Å². The SMILES string of the molecule is C/C=C(\C=C(\NCc1cccnc1)n1cc(Br)cn1)N1CCCCCC1CO. The van der Waals surface area contributed by atoms with Crippen molar-refractivity contribution in [3.63, 3.8) is 0 Å². The summed E-state index contributed by atoms with van der Waals surface area (Å²) in [6, 6.07) is 4.14. The van der Waals surface area contributed by atoms with E-state index in [-0.39, 0.29) is 12.6 Å². The van der Waals surface area contributed by atoms with Gasteiger partial charge in [-0.3, -0.25) is 4.98 Å². The molecule has 0 radical (unpaired) electrons. The maximum atomic E-state index is 9.90. The number of allylic oxidation sites excluding steroid dienone is 2. The molecule has 1 atom stereocenters. The first-order valence-electron chi connectivity index (χ1n) is 9.80. The summed E-state index contributed by atoms with van der Waals surface area (Å²) in [6.45, 7) is 3.83. The van der Waals surface area contributed by atoms with E-state index in [4.69, 9.17) is 0 Å². The molecule has 1 aliphatic rings. The summed E-state index contributed by atoms with van der Waals surface area (Å²) < 4.78 is 2.75. The minimum absolute atomic E-state index is 0.161. The molecule has 0 bridgehead atoms. The van der Waals surface area contributed by atoms with Crippen LogP contribution in [0.1, 0.15) is 38.2 Å². The number of halogens is 1. The van der Waals surface area contributed by atoms with Gasteiger partial charge in [0, 0.05) is 43.5 Å². The van der Waals surface area contributed by atoms with Crippen molar-refractivity contribution in [2.75, 3.05) is 13.2 Å². The molecule has 0 aromatic carbocycles. The first-order chi connectivity index (χ1) is 13.7. The number of hydrogen-bond acceptors (Lipinski definition) is 5. The number of aliphatic hydroxyl groups is 1. The summed E-state index contributed by atoms with van der Waals surface area (Å²) in [5.74, 6) is 0.878. The maximum absolute atomic E-state index is 9.90. The van der Waals surface area contributed by atoms with Crippen LogP contribution >= 0.6 is 15.9 Å². The minimum atomic E-state index is 0.161. The molecule has 0 saturated carbocycles. The van der Waals surface area contributed by atoms with Crippen molar-refractivity contribution in [1.29, 1.82) is 0 Å². The van der Waals surface area contributed by atoms with Gasteiger partial charge in [0.1, 0.15) is 5.82 Å². The Hall–Kier alpha value is -2.12. The van der Waals surface area contributed by atoms with E-state index in [0.29, 0.717) is 6.54 Å². The molecule has 3 rings (SSSR count). The molecule has 6 nitrogen and oxygen atoms in total. The molecule has 1 fully saturated rings. The predicted octanol–water partition coefficient (Wildman–Crippen LogP) is 3.77. The Balaban J connectivity index is 1.87. The summed E-state index contributed by atoms with van der Waals surface area (Å²) in [5.41, 5.74) is 2.20. The zero-order valence-electron chi connectivity index (χ0n) is 16.3. The van der Waals surface area contributed by atoms with E-state index in [9.17, 15) is 5.11 Å². The second-order valence-corrected chi connectivity index (χ2v) is 7.86. The summed E-state index contributed by atoms with van der Waals surface area (Å²) in [5, 5.41) is 17.8. The van der Waals surface area contributed by atoms with Gasteiger partial charge in [0.15, 0.2) is 0 Å². The Morgan fingerprint density at radius 1 is 1.36 bits per heavy atom. The maximum Gasteiger partial charge on any atom is 0.129 e. The van der Waals surface area contributed by atoms with Crippen LogP contribution in [0.25, 0.3) is 5.82 Å². The number of hydrogen-bond donors (Lipinski definition) is 2. The van der Waals surface area contributed by atoms with Crippen molar-refractivity contribution in [2.45, 2.75) is 45.2 Å². The molecule has 0 aliphatic carbocycles. The second kappa shape index (κ2) is 10.4. The van der Waals surface area contributed by atoms with E-state index in [1.54, 1.807) is 12.4 Å². The highest BCUT2D eigenvalue weighted by Gasteiger charge is 2.21. The van der Waals surface area contributed by atoms with Crippen LogP contribution < -0.4 is 5.32 Å².